The molecule has 0 bridgehead atoms. The minimum atomic E-state index is -0.526. The third-order valence-electron chi connectivity index (χ3n) is 3.81. The number of aromatic nitrogens is 1. The van der Waals surface area contributed by atoms with Crippen molar-refractivity contribution in [1.82, 2.24) is 10.3 Å². The Kier molecular flexibility index (Phi) is 6.37. The summed E-state index contributed by atoms with van der Waals surface area (Å²) < 4.78 is 5.93. The predicted molar refractivity (Wildman–Crippen MR) is 98.9 cm³/mol. The fourth-order valence-electron chi connectivity index (χ4n) is 2.45. The van der Waals surface area contributed by atoms with Crippen molar-refractivity contribution in [2.24, 2.45) is 0 Å². The molecule has 1 N–H and O–H groups in total. The van der Waals surface area contributed by atoms with E-state index in [4.69, 9.17) is 4.74 Å². The van der Waals surface area contributed by atoms with Crippen LogP contribution in [0.3, 0.4) is 0 Å². The molecule has 0 saturated heterocycles. The molecule has 0 aliphatic carbocycles. The van der Waals surface area contributed by atoms with Crippen LogP contribution in [0, 0.1) is 13.8 Å². The quantitative estimate of drug-likeness (QED) is 0.824. The number of amides is 1. The normalized spacial score (nSPS) is 12.2. The molecule has 4 nitrogen and oxygen atoms in total. The summed E-state index contributed by atoms with van der Waals surface area (Å²) in [5.74, 6) is 1.05. The van der Waals surface area contributed by atoms with E-state index in [2.05, 4.69) is 36.3 Å². The largest absolute Gasteiger partial charge is 0.481 e. The van der Waals surface area contributed by atoms with Crippen molar-refractivity contribution in [2.75, 3.05) is 6.54 Å². The molecule has 0 saturated carbocycles. The van der Waals surface area contributed by atoms with Crippen molar-refractivity contribution in [3.8, 4) is 5.75 Å². The van der Waals surface area contributed by atoms with Crippen LogP contribution in [0.2, 0.25) is 0 Å². The molecule has 24 heavy (non-hydrogen) atoms. The zero-order valence-electron chi connectivity index (χ0n) is 15.1. The zero-order chi connectivity index (χ0) is 17.7. The van der Waals surface area contributed by atoms with Crippen LogP contribution in [0.5, 0.6) is 5.75 Å². The van der Waals surface area contributed by atoms with E-state index in [0.717, 1.165) is 34.0 Å². The highest BCUT2D eigenvalue weighted by Gasteiger charge is 2.17. The number of hydrogen-bond donors (Lipinski definition) is 1. The van der Waals surface area contributed by atoms with Crippen LogP contribution < -0.4 is 10.1 Å². The number of nitrogens with one attached hydrogen (secondary N) is 1. The summed E-state index contributed by atoms with van der Waals surface area (Å²) in [6.07, 6.45) is 0.214. The van der Waals surface area contributed by atoms with Crippen molar-refractivity contribution in [1.29, 1.82) is 0 Å². The summed E-state index contributed by atoms with van der Waals surface area (Å²) in [6, 6.07) is 6.14. The van der Waals surface area contributed by atoms with E-state index in [1.807, 2.05) is 25.3 Å². The molecule has 0 aliphatic heterocycles. The van der Waals surface area contributed by atoms with Gasteiger partial charge in [-0.25, -0.2) is 4.98 Å². The lowest BCUT2D eigenvalue weighted by molar-refractivity contribution is -0.127. The van der Waals surface area contributed by atoms with Crippen LogP contribution in [0.25, 0.3) is 0 Å². The van der Waals surface area contributed by atoms with Crippen molar-refractivity contribution in [3.05, 3.63) is 45.4 Å². The van der Waals surface area contributed by atoms with Gasteiger partial charge in [0.15, 0.2) is 6.10 Å². The van der Waals surface area contributed by atoms with Gasteiger partial charge in [-0.15, -0.1) is 11.3 Å². The zero-order valence-corrected chi connectivity index (χ0v) is 15.9. The first-order valence-corrected chi connectivity index (χ1v) is 9.20. The lowest BCUT2D eigenvalue weighted by Crippen LogP contribution is -2.37. The number of carbonyl (C=O) groups excluding carboxylic acids is 1. The summed E-state index contributed by atoms with van der Waals surface area (Å²) in [4.78, 5) is 16.7. The van der Waals surface area contributed by atoms with Gasteiger partial charge < -0.3 is 10.1 Å². The van der Waals surface area contributed by atoms with E-state index < -0.39 is 6.10 Å². The minimum Gasteiger partial charge on any atom is -0.481 e. The van der Waals surface area contributed by atoms with Gasteiger partial charge in [-0.3, -0.25) is 4.79 Å². The number of nitrogens with zero attached hydrogens (tertiary/aromatic N) is 1. The lowest BCUT2D eigenvalue weighted by atomic mass is 10.0. The van der Waals surface area contributed by atoms with E-state index in [-0.39, 0.29) is 5.91 Å². The molecule has 1 aromatic carbocycles. The molecular formula is C19H26N2O2S. The first-order chi connectivity index (χ1) is 11.4. The SMILES string of the molecule is Cc1ccc(C(C)C)c(O[C@H](C)C(=O)NCCc2csc(C)n2)c1. The number of rotatable bonds is 7. The highest BCUT2D eigenvalue weighted by atomic mass is 32.1. The number of hydrogen-bond acceptors (Lipinski definition) is 4. The van der Waals surface area contributed by atoms with E-state index in [1.54, 1.807) is 18.3 Å². The van der Waals surface area contributed by atoms with Crippen molar-refractivity contribution in [2.45, 2.75) is 53.1 Å². The van der Waals surface area contributed by atoms with Crippen LogP contribution in [-0.4, -0.2) is 23.5 Å². The van der Waals surface area contributed by atoms with Gasteiger partial charge in [-0.05, 0) is 43.9 Å². The second-order valence-electron chi connectivity index (χ2n) is 6.35. The lowest BCUT2D eigenvalue weighted by Gasteiger charge is -2.19. The summed E-state index contributed by atoms with van der Waals surface area (Å²) >= 11 is 1.63. The van der Waals surface area contributed by atoms with Crippen LogP contribution in [0.4, 0.5) is 0 Å². The molecule has 0 aliphatic rings. The second kappa shape index (κ2) is 8.29. The standard InChI is InChI=1S/C19H26N2O2S/c1-12(2)17-7-6-13(3)10-18(17)23-14(4)19(22)20-9-8-16-11-24-15(5)21-16/h6-7,10-12,14H,8-9H2,1-5H3,(H,20,22)/t14-/m1/s1. The van der Waals surface area contributed by atoms with Crippen LogP contribution in [0.15, 0.2) is 23.6 Å². The summed E-state index contributed by atoms with van der Waals surface area (Å²) in [5.41, 5.74) is 3.27. The van der Waals surface area contributed by atoms with Crippen molar-refractivity contribution >= 4 is 17.2 Å². The van der Waals surface area contributed by atoms with Crippen molar-refractivity contribution < 1.29 is 9.53 Å². The Labute approximate surface area is 148 Å². The molecule has 1 amide bonds. The maximum atomic E-state index is 12.3. The molecule has 0 unspecified atom stereocenters. The number of ether oxygens (including phenoxy) is 1. The molecule has 2 rings (SSSR count). The van der Waals surface area contributed by atoms with E-state index in [1.165, 1.54) is 0 Å². The summed E-state index contributed by atoms with van der Waals surface area (Å²) in [5, 5.41) is 6.00. The van der Waals surface area contributed by atoms with Gasteiger partial charge in [-0.2, -0.15) is 0 Å². The molecule has 0 spiro atoms. The average molecular weight is 346 g/mol. The number of carbonyl (C=O) groups is 1. The molecule has 130 valence electrons. The summed E-state index contributed by atoms with van der Waals surface area (Å²) in [6.45, 7) is 10.6. The van der Waals surface area contributed by atoms with E-state index >= 15 is 0 Å². The number of benzene rings is 1. The van der Waals surface area contributed by atoms with Crippen LogP contribution in [0.1, 0.15) is 48.5 Å². The van der Waals surface area contributed by atoms with Crippen molar-refractivity contribution in [3.63, 3.8) is 0 Å². The fourth-order valence-corrected chi connectivity index (χ4v) is 3.09. The second-order valence-corrected chi connectivity index (χ2v) is 7.42. The van der Waals surface area contributed by atoms with Gasteiger partial charge in [0.1, 0.15) is 5.75 Å². The summed E-state index contributed by atoms with van der Waals surface area (Å²) in [7, 11) is 0. The van der Waals surface area contributed by atoms with Crippen LogP contribution in [-0.2, 0) is 11.2 Å². The molecule has 1 heterocycles. The third-order valence-corrected chi connectivity index (χ3v) is 4.63. The first-order valence-electron chi connectivity index (χ1n) is 8.32. The Morgan fingerprint density at radius 2 is 2.04 bits per heavy atom. The molecule has 5 heteroatoms. The number of aryl methyl sites for hydroxylation is 2. The Morgan fingerprint density at radius 1 is 1.29 bits per heavy atom. The Balaban J connectivity index is 1.90. The Hall–Kier alpha value is -1.88. The molecule has 0 radical (unpaired) electrons. The smallest absolute Gasteiger partial charge is 0.260 e. The maximum Gasteiger partial charge on any atom is 0.260 e. The molecule has 2 aromatic rings. The Bertz CT molecular complexity index is 694. The van der Waals surface area contributed by atoms with Gasteiger partial charge in [0, 0.05) is 18.3 Å². The molecule has 1 aromatic heterocycles. The highest BCUT2D eigenvalue weighted by Crippen LogP contribution is 2.28. The van der Waals surface area contributed by atoms with Gasteiger partial charge in [0.2, 0.25) is 0 Å². The van der Waals surface area contributed by atoms with E-state index in [0.29, 0.717) is 12.5 Å². The average Bonchev–Trinajstić information content (AvgIpc) is 2.92. The van der Waals surface area contributed by atoms with Gasteiger partial charge >= 0.3 is 0 Å². The minimum absolute atomic E-state index is 0.0989. The van der Waals surface area contributed by atoms with Crippen LogP contribution >= 0.6 is 11.3 Å². The van der Waals surface area contributed by atoms with Gasteiger partial charge in [-0.1, -0.05) is 26.0 Å². The topological polar surface area (TPSA) is 51.2 Å². The monoisotopic (exact) mass is 346 g/mol. The fraction of sp³-hybridized carbons (Fsp3) is 0.474. The number of thiazole rings is 1. The highest BCUT2D eigenvalue weighted by molar-refractivity contribution is 7.09. The molecule has 1 atom stereocenters. The maximum absolute atomic E-state index is 12.3. The first kappa shape index (κ1) is 18.5. The Morgan fingerprint density at radius 3 is 2.67 bits per heavy atom. The molecule has 0 fully saturated rings. The third kappa shape index (κ3) is 5.06. The molecular weight excluding hydrogens is 320 g/mol. The van der Waals surface area contributed by atoms with Gasteiger partial charge in [0.05, 0.1) is 10.7 Å². The van der Waals surface area contributed by atoms with Gasteiger partial charge in [0.25, 0.3) is 5.91 Å². The van der Waals surface area contributed by atoms with E-state index in [9.17, 15) is 4.79 Å². The predicted octanol–water partition coefficient (Wildman–Crippen LogP) is 4.01.